The summed E-state index contributed by atoms with van der Waals surface area (Å²) in [5.41, 5.74) is 0. The van der Waals surface area contributed by atoms with Crippen LogP contribution in [-0.4, -0.2) is 17.3 Å². The monoisotopic (exact) mass is 700 g/mol. The Morgan fingerprint density at radius 1 is 0.386 bits per heavy atom. The molecule has 4 nitrogen and oxygen atoms in total. The molecule has 0 heterocycles. The minimum Gasteiger partial charge on any atom is -0.236 e. The average molecular weight is 701 g/mol. The first kappa shape index (κ1) is 45.2. The van der Waals surface area contributed by atoms with Crippen LogP contribution in [0.25, 0.3) is 0 Å². The molecule has 0 aliphatic heterocycles. The van der Waals surface area contributed by atoms with Gasteiger partial charge in [0.05, 0.1) is 0 Å². The number of rotatable bonds is 37. The van der Waals surface area contributed by atoms with E-state index in [0.717, 1.165) is 36.5 Å². The molecule has 0 saturated heterocycles. The topological polar surface area (TPSA) is 44.8 Å². The highest BCUT2D eigenvalue weighted by molar-refractivity contribution is 8.31. The molecule has 0 aromatic carbocycles. The summed E-state index contributed by atoms with van der Waals surface area (Å²) < 4.78 is 29.6. The molecule has 0 aromatic heterocycles. The molecule has 0 spiro atoms. The molecule has 44 heavy (non-hydrogen) atoms. The maximum Gasteiger partial charge on any atom is 0.506 e. The first-order valence-corrected chi connectivity index (χ1v) is 23.5. The molecular formula is C36H77O4PS3. The molecule has 0 fully saturated rings. The lowest BCUT2D eigenvalue weighted by Crippen LogP contribution is -2.17. The highest BCUT2D eigenvalue weighted by atomic mass is 32.3. The summed E-state index contributed by atoms with van der Waals surface area (Å²) in [6, 6.07) is 0. The first-order valence-electron chi connectivity index (χ1n) is 19.2. The van der Waals surface area contributed by atoms with Crippen molar-refractivity contribution in [3.63, 3.8) is 0 Å². The maximum atomic E-state index is 13.2. The van der Waals surface area contributed by atoms with Crippen molar-refractivity contribution in [3.05, 3.63) is 0 Å². The van der Waals surface area contributed by atoms with Gasteiger partial charge in [-0.2, -0.15) is 0 Å². The van der Waals surface area contributed by atoms with E-state index in [2.05, 4.69) is 46.6 Å². The lowest BCUT2D eigenvalue weighted by molar-refractivity contribution is 0.347. The smallest absolute Gasteiger partial charge is 0.236 e. The van der Waals surface area contributed by atoms with Crippen molar-refractivity contribution >= 4 is 44.0 Å². The van der Waals surface area contributed by atoms with Gasteiger partial charge in [-0.05, 0) is 62.3 Å². The van der Waals surface area contributed by atoms with E-state index in [1.54, 1.807) is 0 Å². The van der Waals surface area contributed by atoms with Gasteiger partial charge in [0.15, 0.2) is 0 Å². The zero-order chi connectivity index (χ0) is 32.5. The number of phosphoric acid groups is 1. The summed E-state index contributed by atoms with van der Waals surface area (Å²) in [5, 5.41) is 0. The van der Waals surface area contributed by atoms with E-state index in [9.17, 15) is 4.57 Å². The number of hydrogen-bond donors (Lipinski definition) is 2. The van der Waals surface area contributed by atoms with Crippen LogP contribution in [0.1, 0.15) is 213 Å². The van der Waals surface area contributed by atoms with Crippen LogP contribution in [-0.2, 0) is 16.5 Å². The number of thiol groups is 2. The van der Waals surface area contributed by atoms with Crippen LogP contribution >= 0.6 is 44.0 Å². The molecule has 0 aliphatic rings. The molecule has 0 unspecified atom stereocenters. The SMILES string of the molecule is CCCCCCCCCCCCS(CCCCCCCCCCCC)(CCCCCCCCCCCC)OP(=O)(OS)OS. The molecule has 0 N–H and O–H groups in total. The van der Waals surface area contributed by atoms with Gasteiger partial charge in [0, 0.05) is 0 Å². The predicted octanol–water partition coefficient (Wildman–Crippen LogP) is 15.3. The van der Waals surface area contributed by atoms with Gasteiger partial charge in [0.2, 0.25) is 0 Å². The summed E-state index contributed by atoms with van der Waals surface area (Å²) in [6.45, 7) is 6.84. The van der Waals surface area contributed by atoms with Gasteiger partial charge < -0.3 is 0 Å². The Balaban J connectivity index is 4.91. The highest BCUT2D eigenvalue weighted by Gasteiger charge is 2.37. The van der Waals surface area contributed by atoms with E-state index in [-0.39, 0.29) is 0 Å². The fourth-order valence-corrected chi connectivity index (χ4v) is 12.6. The van der Waals surface area contributed by atoms with E-state index in [1.165, 1.54) is 173 Å². The van der Waals surface area contributed by atoms with E-state index >= 15 is 0 Å². The number of hydrogen-bond acceptors (Lipinski definition) is 6. The fourth-order valence-electron chi connectivity index (χ4n) is 6.21. The molecule has 0 rings (SSSR count). The zero-order valence-corrected chi connectivity index (χ0v) is 33.2. The van der Waals surface area contributed by atoms with Crippen molar-refractivity contribution < 1.29 is 16.5 Å². The van der Waals surface area contributed by atoms with Gasteiger partial charge in [-0.3, -0.25) is 0 Å². The molecule has 0 amide bonds. The lowest BCUT2D eigenvalue weighted by atomic mass is 10.1. The highest BCUT2D eigenvalue weighted by Crippen LogP contribution is 2.67. The van der Waals surface area contributed by atoms with Gasteiger partial charge >= 0.3 is 7.82 Å². The van der Waals surface area contributed by atoms with Gasteiger partial charge in [0.25, 0.3) is 0 Å². The lowest BCUT2D eigenvalue weighted by Gasteiger charge is -2.40. The van der Waals surface area contributed by atoms with Crippen LogP contribution in [0.3, 0.4) is 0 Å². The molecule has 268 valence electrons. The van der Waals surface area contributed by atoms with E-state index < -0.39 is 18.1 Å². The molecule has 0 aliphatic carbocycles. The van der Waals surface area contributed by atoms with Crippen molar-refractivity contribution in [3.8, 4) is 0 Å². The molecule has 0 bridgehead atoms. The largest absolute Gasteiger partial charge is 0.506 e. The number of unbranched alkanes of at least 4 members (excludes halogenated alkanes) is 27. The Morgan fingerprint density at radius 3 is 0.795 bits per heavy atom. The zero-order valence-electron chi connectivity index (χ0n) is 29.7. The van der Waals surface area contributed by atoms with Gasteiger partial charge in [-0.1, -0.05) is 194 Å². The quantitative estimate of drug-likeness (QED) is 0.0293. The summed E-state index contributed by atoms with van der Waals surface area (Å²) in [5.74, 6) is 2.95. The van der Waals surface area contributed by atoms with E-state index in [0.29, 0.717) is 0 Å². The van der Waals surface area contributed by atoms with Gasteiger partial charge in [-0.15, -0.1) is 10.3 Å². The Hall–Kier alpha value is 1.16. The Morgan fingerprint density at radius 2 is 0.591 bits per heavy atom. The fraction of sp³-hybridized carbons (Fsp3) is 1.00. The van der Waals surface area contributed by atoms with Crippen LogP contribution in [0.4, 0.5) is 0 Å². The van der Waals surface area contributed by atoms with Crippen molar-refractivity contribution in [1.82, 2.24) is 0 Å². The summed E-state index contributed by atoms with van der Waals surface area (Å²) in [7, 11) is -5.39. The van der Waals surface area contributed by atoms with E-state index in [1.807, 2.05) is 0 Å². The molecular weight excluding hydrogens is 624 g/mol. The average Bonchev–Trinajstić information content (AvgIpc) is 3.03. The summed E-state index contributed by atoms with van der Waals surface area (Å²) >= 11 is 7.76. The predicted molar refractivity (Wildman–Crippen MR) is 207 cm³/mol. The molecule has 0 radical (unpaired) electrons. The minimum atomic E-state index is -3.78. The third-order valence-electron chi connectivity index (χ3n) is 9.06. The van der Waals surface area contributed by atoms with Crippen LogP contribution in [0.2, 0.25) is 0 Å². The van der Waals surface area contributed by atoms with Crippen LogP contribution in [0.15, 0.2) is 0 Å². The molecule has 8 heteroatoms. The normalized spacial score (nSPS) is 12.8. The van der Waals surface area contributed by atoms with Gasteiger partial charge in [-0.25, -0.2) is 16.5 Å². The maximum absolute atomic E-state index is 13.2. The second-order valence-corrected chi connectivity index (χ2v) is 19.3. The standard InChI is InChI=1S/C36H77O4PS3/c1-4-7-10-13-16-19-22-25-28-31-34-44(40-41(37,38-42)39-43,35-32-29-26-23-20-17-14-11-8-5-2)36-33-30-27-24-21-18-15-12-9-6-3/h42-43H,4-36H2,1-3H3. The van der Waals surface area contributed by atoms with Crippen LogP contribution in [0, 0.1) is 0 Å². The Bertz CT molecular complexity index is 558. The second-order valence-electron chi connectivity index (χ2n) is 13.3. The Kier molecular flexibility index (Phi) is 34.9. The van der Waals surface area contributed by atoms with Crippen molar-refractivity contribution in [2.24, 2.45) is 0 Å². The second kappa shape index (κ2) is 34.0. The summed E-state index contributed by atoms with van der Waals surface area (Å²) in [6.07, 6.45) is 39.4. The summed E-state index contributed by atoms with van der Waals surface area (Å²) in [4.78, 5) is 0. The van der Waals surface area contributed by atoms with Crippen molar-refractivity contribution in [2.45, 2.75) is 213 Å². The van der Waals surface area contributed by atoms with Crippen LogP contribution in [0.5, 0.6) is 0 Å². The Labute approximate surface area is 289 Å². The minimum absolute atomic E-state index is 0.983. The van der Waals surface area contributed by atoms with Gasteiger partial charge in [0.1, 0.15) is 0 Å². The van der Waals surface area contributed by atoms with Crippen molar-refractivity contribution in [2.75, 3.05) is 17.3 Å². The first-order chi connectivity index (χ1) is 21.5. The van der Waals surface area contributed by atoms with Crippen LogP contribution < -0.4 is 0 Å². The van der Waals surface area contributed by atoms with E-state index in [4.69, 9.17) is 11.9 Å². The third kappa shape index (κ3) is 28.2. The molecule has 0 saturated carbocycles. The molecule has 0 aromatic rings. The van der Waals surface area contributed by atoms with Crippen molar-refractivity contribution in [1.29, 1.82) is 0 Å². The molecule has 0 atom stereocenters. The third-order valence-corrected chi connectivity index (χ3v) is 15.8.